The normalized spacial score (nSPS) is 23.6. The van der Waals surface area contributed by atoms with Crippen molar-refractivity contribution >= 4 is 5.91 Å². The van der Waals surface area contributed by atoms with Crippen LogP contribution in [0.1, 0.15) is 54.6 Å². The van der Waals surface area contributed by atoms with E-state index < -0.39 is 0 Å². The van der Waals surface area contributed by atoms with Crippen LogP contribution in [0.5, 0.6) is 0 Å². The molecule has 1 N–H and O–H groups in total. The quantitative estimate of drug-likeness (QED) is 0.926. The van der Waals surface area contributed by atoms with Crippen LogP contribution in [-0.4, -0.2) is 46.5 Å². The van der Waals surface area contributed by atoms with Gasteiger partial charge in [0.25, 0.3) is 5.91 Å². The van der Waals surface area contributed by atoms with Crippen LogP contribution in [-0.2, 0) is 0 Å². The van der Waals surface area contributed by atoms with Crippen LogP contribution < -0.4 is 5.32 Å². The topological polar surface area (TPSA) is 58.1 Å². The highest BCUT2D eigenvalue weighted by molar-refractivity contribution is 5.94. The summed E-state index contributed by atoms with van der Waals surface area (Å²) in [6, 6.07) is 0.791. The van der Waals surface area contributed by atoms with E-state index in [1.807, 2.05) is 6.92 Å². The Kier molecular flexibility index (Phi) is 5.03. The molecule has 2 heterocycles. The summed E-state index contributed by atoms with van der Waals surface area (Å²) in [5.74, 6) is 0.532. The molecule has 120 valence electrons. The molecule has 22 heavy (non-hydrogen) atoms. The molecule has 2 aliphatic rings. The van der Waals surface area contributed by atoms with Gasteiger partial charge >= 0.3 is 0 Å². The number of nitrogens with one attached hydrogen (secondary N) is 1. The zero-order valence-electron chi connectivity index (χ0n) is 13.4. The molecule has 1 aromatic heterocycles. The monoisotopic (exact) mass is 302 g/mol. The summed E-state index contributed by atoms with van der Waals surface area (Å²) in [6.07, 6.45) is 11.2. The van der Waals surface area contributed by atoms with E-state index in [1.54, 1.807) is 6.20 Å². The van der Waals surface area contributed by atoms with Crippen molar-refractivity contribution in [1.29, 1.82) is 0 Å². The van der Waals surface area contributed by atoms with Crippen molar-refractivity contribution in [1.82, 2.24) is 20.2 Å². The molecule has 3 rings (SSSR count). The Morgan fingerprint density at radius 1 is 1.32 bits per heavy atom. The summed E-state index contributed by atoms with van der Waals surface area (Å²) in [5.41, 5.74) is 1.33. The Bertz CT molecular complexity index is 513. The lowest BCUT2D eigenvalue weighted by molar-refractivity contribution is 0.0945. The highest BCUT2D eigenvalue weighted by atomic mass is 16.1. The summed E-state index contributed by atoms with van der Waals surface area (Å²) < 4.78 is 0. The van der Waals surface area contributed by atoms with Gasteiger partial charge in [-0.15, -0.1) is 0 Å². The average molecular weight is 302 g/mol. The van der Waals surface area contributed by atoms with Crippen LogP contribution in [0.15, 0.2) is 12.5 Å². The number of amides is 1. The lowest BCUT2D eigenvalue weighted by Gasteiger charge is -2.31. The lowest BCUT2D eigenvalue weighted by Crippen LogP contribution is -2.36. The van der Waals surface area contributed by atoms with Crippen LogP contribution in [0.3, 0.4) is 0 Å². The van der Waals surface area contributed by atoms with Crippen molar-refractivity contribution in [2.45, 2.75) is 51.5 Å². The van der Waals surface area contributed by atoms with Gasteiger partial charge in [0.1, 0.15) is 6.33 Å². The van der Waals surface area contributed by atoms with Gasteiger partial charge in [0.2, 0.25) is 0 Å². The van der Waals surface area contributed by atoms with Crippen LogP contribution in [0.2, 0.25) is 0 Å². The number of aryl methyl sites for hydroxylation is 1. The van der Waals surface area contributed by atoms with Crippen LogP contribution in [0, 0.1) is 12.8 Å². The van der Waals surface area contributed by atoms with Gasteiger partial charge < -0.3 is 10.2 Å². The number of nitrogens with zero attached hydrogens (tertiary/aromatic N) is 3. The Hall–Kier alpha value is -1.49. The van der Waals surface area contributed by atoms with E-state index in [0.717, 1.165) is 24.8 Å². The molecule has 1 saturated carbocycles. The van der Waals surface area contributed by atoms with Gasteiger partial charge in [-0.05, 0) is 38.6 Å². The summed E-state index contributed by atoms with van der Waals surface area (Å²) in [4.78, 5) is 22.9. The molecular formula is C17H26N4O. The molecule has 1 aromatic rings. The maximum Gasteiger partial charge on any atom is 0.254 e. The Labute approximate surface area is 132 Å². The lowest BCUT2D eigenvalue weighted by atomic mass is 9.94. The maximum absolute atomic E-state index is 12.2. The number of likely N-dealkylation sites (tertiary alicyclic amines) is 1. The first-order valence-corrected chi connectivity index (χ1v) is 8.53. The molecular weight excluding hydrogens is 276 g/mol. The SMILES string of the molecule is Cc1ncncc1C(=O)NC[C@@H]1CCN(C2CCCCC2)C1. The van der Waals surface area contributed by atoms with E-state index in [0.29, 0.717) is 11.5 Å². The largest absolute Gasteiger partial charge is 0.352 e. The predicted octanol–water partition coefficient (Wildman–Crippen LogP) is 2.17. The summed E-state index contributed by atoms with van der Waals surface area (Å²) in [5, 5.41) is 3.06. The summed E-state index contributed by atoms with van der Waals surface area (Å²) in [7, 11) is 0. The zero-order valence-corrected chi connectivity index (χ0v) is 13.4. The molecule has 0 radical (unpaired) electrons. The van der Waals surface area contributed by atoms with Gasteiger partial charge in [-0.2, -0.15) is 0 Å². The van der Waals surface area contributed by atoms with Crippen molar-refractivity contribution < 1.29 is 4.79 Å². The number of carbonyl (C=O) groups is 1. The van der Waals surface area contributed by atoms with Crippen molar-refractivity contribution in [3.8, 4) is 0 Å². The molecule has 1 atom stereocenters. The van der Waals surface area contributed by atoms with Crippen molar-refractivity contribution in [2.24, 2.45) is 5.92 Å². The van der Waals surface area contributed by atoms with Gasteiger partial charge in [0.15, 0.2) is 0 Å². The van der Waals surface area contributed by atoms with E-state index in [-0.39, 0.29) is 5.91 Å². The fourth-order valence-corrected chi connectivity index (χ4v) is 3.75. The van der Waals surface area contributed by atoms with E-state index in [4.69, 9.17) is 0 Å². The van der Waals surface area contributed by atoms with Gasteiger partial charge in [0, 0.05) is 25.3 Å². The minimum Gasteiger partial charge on any atom is -0.352 e. The number of hydrogen-bond donors (Lipinski definition) is 1. The van der Waals surface area contributed by atoms with Crippen molar-refractivity contribution in [3.63, 3.8) is 0 Å². The molecule has 5 nitrogen and oxygen atoms in total. The maximum atomic E-state index is 12.2. The Morgan fingerprint density at radius 3 is 2.91 bits per heavy atom. The molecule has 0 spiro atoms. The first kappa shape index (κ1) is 15.4. The number of rotatable bonds is 4. The molecule has 0 bridgehead atoms. The van der Waals surface area contributed by atoms with Gasteiger partial charge in [-0.25, -0.2) is 9.97 Å². The highest BCUT2D eigenvalue weighted by Crippen LogP contribution is 2.27. The standard InChI is InChI=1S/C17H26N4O/c1-13-16(10-18-12-20-13)17(22)19-9-14-7-8-21(11-14)15-5-3-2-4-6-15/h10,12,14-15H,2-9,11H2,1H3,(H,19,22)/t14-/m0/s1. The molecule has 0 unspecified atom stereocenters. The van der Waals surface area contributed by atoms with Crippen LogP contribution >= 0.6 is 0 Å². The Balaban J connectivity index is 1.46. The Morgan fingerprint density at radius 2 is 2.14 bits per heavy atom. The molecule has 0 aromatic carbocycles. The van der Waals surface area contributed by atoms with Crippen LogP contribution in [0.25, 0.3) is 0 Å². The fraction of sp³-hybridized carbons (Fsp3) is 0.706. The predicted molar refractivity (Wildman–Crippen MR) is 85.7 cm³/mol. The minimum absolute atomic E-state index is 0.0470. The third kappa shape index (κ3) is 3.64. The zero-order chi connectivity index (χ0) is 15.4. The molecule has 1 saturated heterocycles. The first-order chi connectivity index (χ1) is 10.7. The average Bonchev–Trinajstić information content (AvgIpc) is 3.03. The number of aromatic nitrogens is 2. The third-order valence-corrected chi connectivity index (χ3v) is 5.12. The first-order valence-electron chi connectivity index (χ1n) is 8.53. The molecule has 1 aliphatic carbocycles. The fourth-order valence-electron chi connectivity index (χ4n) is 3.75. The van der Waals surface area contributed by atoms with E-state index in [1.165, 1.54) is 51.4 Å². The van der Waals surface area contributed by atoms with E-state index in [9.17, 15) is 4.79 Å². The molecule has 5 heteroatoms. The summed E-state index contributed by atoms with van der Waals surface area (Å²) >= 11 is 0. The van der Waals surface area contributed by atoms with E-state index in [2.05, 4.69) is 20.2 Å². The second kappa shape index (κ2) is 7.18. The van der Waals surface area contributed by atoms with Crippen molar-refractivity contribution in [3.05, 3.63) is 23.8 Å². The van der Waals surface area contributed by atoms with Crippen molar-refractivity contribution in [2.75, 3.05) is 19.6 Å². The van der Waals surface area contributed by atoms with Crippen LogP contribution in [0.4, 0.5) is 0 Å². The smallest absolute Gasteiger partial charge is 0.254 e. The van der Waals surface area contributed by atoms with Gasteiger partial charge in [0.05, 0.1) is 11.3 Å². The summed E-state index contributed by atoms with van der Waals surface area (Å²) in [6.45, 7) is 4.93. The minimum atomic E-state index is -0.0470. The van der Waals surface area contributed by atoms with E-state index >= 15 is 0 Å². The van der Waals surface area contributed by atoms with Gasteiger partial charge in [-0.3, -0.25) is 4.79 Å². The molecule has 1 amide bonds. The number of hydrogen-bond acceptors (Lipinski definition) is 4. The third-order valence-electron chi connectivity index (χ3n) is 5.12. The molecule has 2 fully saturated rings. The second-order valence-electron chi connectivity index (χ2n) is 6.67. The highest BCUT2D eigenvalue weighted by Gasteiger charge is 2.29. The van der Waals surface area contributed by atoms with Gasteiger partial charge in [-0.1, -0.05) is 19.3 Å². The molecule has 1 aliphatic heterocycles. The number of carbonyl (C=O) groups excluding carboxylic acids is 1. The second-order valence-corrected chi connectivity index (χ2v) is 6.67.